The largest absolute Gasteiger partial charge is 0.392 e. The fourth-order valence-electron chi connectivity index (χ4n) is 3.60. The van der Waals surface area contributed by atoms with Gasteiger partial charge in [-0.15, -0.1) is 0 Å². The second kappa shape index (κ2) is 11.3. The van der Waals surface area contributed by atoms with Crippen LogP contribution < -0.4 is 20.9 Å². The first-order valence-corrected chi connectivity index (χ1v) is 11.1. The van der Waals surface area contributed by atoms with E-state index in [4.69, 9.17) is 0 Å². The molecular weight excluding hydrogens is 418 g/mol. The number of nitriles is 1. The second-order valence-electron chi connectivity index (χ2n) is 7.93. The molecule has 1 aliphatic rings. The summed E-state index contributed by atoms with van der Waals surface area (Å²) in [5.41, 5.74) is 3.25. The van der Waals surface area contributed by atoms with Gasteiger partial charge < -0.3 is 30.9 Å². The van der Waals surface area contributed by atoms with Crippen LogP contribution in [0.1, 0.15) is 19.4 Å². The van der Waals surface area contributed by atoms with Crippen LogP contribution in [0.15, 0.2) is 43.1 Å². The van der Waals surface area contributed by atoms with Gasteiger partial charge in [0.1, 0.15) is 11.9 Å². The van der Waals surface area contributed by atoms with Gasteiger partial charge in [-0.3, -0.25) is 4.79 Å². The fraction of sp³-hybridized carbons (Fsp3) is 0.375. The van der Waals surface area contributed by atoms with Crippen molar-refractivity contribution in [1.29, 1.82) is 5.26 Å². The number of likely N-dealkylation sites (N-methyl/N-ethyl adjacent to an activating group) is 1. The van der Waals surface area contributed by atoms with E-state index in [1.165, 1.54) is 12.3 Å². The van der Waals surface area contributed by atoms with Crippen molar-refractivity contribution in [2.24, 2.45) is 0 Å². The number of hydrogen-bond acceptors (Lipinski definition) is 8. The summed E-state index contributed by atoms with van der Waals surface area (Å²) in [6.07, 6.45) is 2.14. The molecule has 1 aromatic carbocycles. The summed E-state index contributed by atoms with van der Waals surface area (Å²) in [5, 5.41) is 28.1. The number of nitrogens with one attached hydrogen (secondary N) is 3. The third kappa shape index (κ3) is 6.44. The number of amides is 1. The highest BCUT2D eigenvalue weighted by Crippen LogP contribution is 2.31. The van der Waals surface area contributed by atoms with Gasteiger partial charge in [-0.25, -0.2) is 4.98 Å². The summed E-state index contributed by atoms with van der Waals surface area (Å²) in [4.78, 5) is 21.1. The Morgan fingerprint density at radius 3 is 2.67 bits per heavy atom. The van der Waals surface area contributed by atoms with Crippen LogP contribution in [-0.4, -0.2) is 66.3 Å². The molecule has 9 heteroatoms. The lowest BCUT2D eigenvalue weighted by atomic mass is 10.2. The number of aromatic nitrogens is 1. The zero-order valence-electron chi connectivity index (χ0n) is 19.1. The van der Waals surface area contributed by atoms with Crippen molar-refractivity contribution in [2.45, 2.75) is 20.0 Å². The average molecular weight is 450 g/mol. The molecule has 0 bridgehead atoms. The van der Waals surface area contributed by atoms with Gasteiger partial charge in [-0.1, -0.05) is 13.5 Å². The SMILES string of the molecule is C=CC(=O)Nc1cc(N2CCN(CC)CC2)ccc1Nc1cc(NCC(C)O)c(C#N)cn1. The van der Waals surface area contributed by atoms with E-state index in [9.17, 15) is 15.2 Å². The van der Waals surface area contributed by atoms with E-state index in [1.54, 1.807) is 13.0 Å². The van der Waals surface area contributed by atoms with Crippen LogP contribution in [0.25, 0.3) is 0 Å². The number of piperazine rings is 1. The normalized spacial score (nSPS) is 14.8. The molecule has 0 aliphatic carbocycles. The molecule has 1 fully saturated rings. The Hall–Kier alpha value is -3.61. The minimum atomic E-state index is -0.562. The number of hydrogen-bond donors (Lipinski definition) is 4. The molecule has 0 radical (unpaired) electrons. The van der Waals surface area contributed by atoms with E-state index in [0.717, 1.165) is 38.4 Å². The minimum absolute atomic E-state index is 0.304. The smallest absolute Gasteiger partial charge is 0.247 e. The third-order valence-electron chi connectivity index (χ3n) is 5.51. The van der Waals surface area contributed by atoms with Crippen LogP contribution in [-0.2, 0) is 4.79 Å². The van der Waals surface area contributed by atoms with Gasteiger partial charge in [0.2, 0.25) is 5.91 Å². The highest BCUT2D eigenvalue weighted by Gasteiger charge is 2.18. The first-order valence-electron chi connectivity index (χ1n) is 11.1. The maximum atomic E-state index is 12.1. The highest BCUT2D eigenvalue weighted by atomic mass is 16.3. The lowest BCUT2D eigenvalue weighted by molar-refractivity contribution is -0.111. The Labute approximate surface area is 194 Å². The van der Waals surface area contributed by atoms with Gasteiger partial charge in [-0.05, 0) is 37.7 Å². The van der Waals surface area contributed by atoms with Crippen LogP contribution >= 0.6 is 0 Å². The summed E-state index contributed by atoms with van der Waals surface area (Å²) in [6.45, 7) is 12.6. The molecule has 1 amide bonds. The molecule has 4 N–H and O–H groups in total. The van der Waals surface area contributed by atoms with Gasteiger partial charge in [0.05, 0.1) is 28.7 Å². The van der Waals surface area contributed by atoms with Crippen molar-refractivity contribution in [2.75, 3.05) is 60.1 Å². The van der Waals surface area contributed by atoms with Crippen LogP contribution in [0.4, 0.5) is 28.6 Å². The quantitative estimate of drug-likeness (QED) is 0.432. The van der Waals surface area contributed by atoms with E-state index in [1.807, 2.05) is 18.2 Å². The van der Waals surface area contributed by atoms with E-state index < -0.39 is 6.10 Å². The van der Waals surface area contributed by atoms with Crippen molar-refractivity contribution < 1.29 is 9.90 Å². The minimum Gasteiger partial charge on any atom is -0.392 e. The first kappa shape index (κ1) is 24.0. The number of anilines is 5. The molecular formula is C24H31N7O2. The van der Waals surface area contributed by atoms with Gasteiger partial charge in [0, 0.05) is 50.7 Å². The number of rotatable bonds is 9. The Morgan fingerprint density at radius 2 is 2.03 bits per heavy atom. The zero-order valence-corrected chi connectivity index (χ0v) is 19.1. The highest BCUT2D eigenvalue weighted by molar-refractivity contribution is 6.02. The number of nitrogens with zero attached hydrogens (tertiary/aromatic N) is 4. The number of pyridine rings is 1. The summed E-state index contributed by atoms with van der Waals surface area (Å²) in [7, 11) is 0. The molecule has 3 rings (SSSR count). The zero-order chi connectivity index (χ0) is 23.8. The topological polar surface area (TPSA) is 117 Å². The van der Waals surface area contributed by atoms with Crippen molar-refractivity contribution in [3.8, 4) is 6.07 Å². The molecule has 2 heterocycles. The maximum Gasteiger partial charge on any atom is 0.247 e. The predicted octanol–water partition coefficient (Wildman–Crippen LogP) is 2.76. The van der Waals surface area contributed by atoms with Gasteiger partial charge in [0.25, 0.3) is 0 Å². The molecule has 1 unspecified atom stereocenters. The van der Waals surface area contributed by atoms with Gasteiger partial charge in [0.15, 0.2) is 0 Å². The van der Waals surface area contributed by atoms with Crippen LogP contribution in [0.3, 0.4) is 0 Å². The van der Waals surface area contributed by atoms with Crippen LogP contribution in [0.5, 0.6) is 0 Å². The van der Waals surface area contributed by atoms with E-state index >= 15 is 0 Å². The van der Waals surface area contributed by atoms with Gasteiger partial charge in [-0.2, -0.15) is 5.26 Å². The van der Waals surface area contributed by atoms with Gasteiger partial charge >= 0.3 is 0 Å². The molecule has 33 heavy (non-hydrogen) atoms. The Balaban J connectivity index is 1.86. The molecule has 9 nitrogen and oxygen atoms in total. The summed E-state index contributed by atoms with van der Waals surface area (Å²) < 4.78 is 0. The summed E-state index contributed by atoms with van der Waals surface area (Å²) >= 11 is 0. The maximum absolute atomic E-state index is 12.1. The number of carbonyl (C=O) groups excluding carboxylic acids is 1. The Bertz CT molecular complexity index is 1020. The number of aliphatic hydroxyl groups is 1. The van der Waals surface area contributed by atoms with Crippen LogP contribution in [0, 0.1) is 11.3 Å². The third-order valence-corrected chi connectivity index (χ3v) is 5.51. The number of carbonyl (C=O) groups is 1. The predicted molar refractivity (Wildman–Crippen MR) is 132 cm³/mol. The molecule has 0 spiro atoms. The van der Waals surface area contributed by atoms with E-state index in [2.05, 4.69) is 50.3 Å². The standard InChI is InChI=1S/C24H31N7O2/c1-4-24(33)29-22-12-19(31-10-8-30(5-2)9-11-31)6-7-20(22)28-23-13-21(26-15-17(3)32)18(14-25)16-27-23/h4,6-7,12-13,16-17,32H,1,5,8-11,15H2,2-3H3,(H,29,33)(H2,26,27,28). The molecule has 0 saturated carbocycles. The average Bonchev–Trinajstić information content (AvgIpc) is 2.83. The molecule has 174 valence electrons. The van der Waals surface area contributed by atoms with Crippen molar-refractivity contribution in [3.05, 3.63) is 48.7 Å². The summed E-state index contributed by atoms with van der Waals surface area (Å²) in [6, 6.07) is 9.67. The first-order chi connectivity index (χ1) is 15.9. The Kier molecular flexibility index (Phi) is 8.24. The lowest BCUT2D eigenvalue weighted by Crippen LogP contribution is -2.46. The molecule has 1 saturated heterocycles. The van der Waals surface area contributed by atoms with E-state index in [0.29, 0.717) is 35.0 Å². The summed E-state index contributed by atoms with van der Waals surface area (Å²) in [5.74, 6) is 0.193. The van der Waals surface area contributed by atoms with Crippen molar-refractivity contribution >= 4 is 34.5 Å². The van der Waals surface area contributed by atoms with E-state index in [-0.39, 0.29) is 5.91 Å². The molecule has 1 aliphatic heterocycles. The Morgan fingerprint density at radius 1 is 1.27 bits per heavy atom. The van der Waals surface area contributed by atoms with Crippen molar-refractivity contribution in [1.82, 2.24) is 9.88 Å². The van der Waals surface area contributed by atoms with Crippen molar-refractivity contribution in [3.63, 3.8) is 0 Å². The number of benzene rings is 1. The molecule has 1 atom stereocenters. The second-order valence-corrected chi connectivity index (χ2v) is 7.93. The van der Waals surface area contributed by atoms with Crippen LogP contribution in [0.2, 0.25) is 0 Å². The monoisotopic (exact) mass is 449 g/mol. The molecule has 2 aromatic rings. The molecule has 1 aromatic heterocycles. The lowest BCUT2D eigenvalue weighted by Gasteiger charge is -2.35. The fourth-order valence-corrected chi connectivity index (χ4v) is 3.60. The number of aliphatic hydroxyl groups excluding tert-OH is 1.